The van der Waals surface area contributed by atoms with E-state index in [1.807, 2.05) is 91.0 Å². The quantitative estimate of drug-likeness (QED) is 0.161. The van der Waals surface area contributed by atoms with Crippen molar-refractivity contribution in [1.29, 1.82) is 0 Å². The molecule has 0 spiro atoms. The SMILES string of the molecule is O=S(=O)(c1ccccc1)c1cc(-c2cc(-c3ccccc3)cc(-c3ccccc3)c2)cc(-c2cc(-c3ccccc3)cc(-c3ccccc3)c2)c1. The van der Waals surface area contributed by atoms with Crippen LogP contribution in [0.2, 0.25) is 0 Å². The fourth-order valence-corrected chi connectivity index (χ4v) is 7.95. The lowest BCUT2D eigenvalue weighted by Crippen LogP contribution is -2.03. The molecule has 0 radical (unpaired) electrons. The molecular weight excluding hydrogens is 641 g/mol. The molecule has 0 aliphatic carbocycles. The largest absolute Gasteiger partial charge is 0.219 e. The van der Waals surface area contributed by atoms with Crippen molar-refractivity contribution in [3.05, 3.63) is 206 Å². The Balaban J connectivity index is 1.39. The van der Waals surface area contributed by atoms with Crippen LogP contribution in [0.15, 0.2) is 216 Å². The number of hydrogen-bond donors (Lipinski definition) is 0. The highest BCUT2D eigenvalue weighted by molar-refractivity contribution is 7.91. The highest BCUT2D eigenvalue weighted by Crippen LogP contribution is 2.39. The molecule has 8 aromatic rings. The van der Waals surface area contributed by atoms with E-state index >= 15 is 0 Å². The van der Waals surface area contributed by atoms with Gasteiger partial charge in [-0.05, 0) is 133 Å². The minimum absolute atomic E-state index is 0.249. The third-order valence-electron chi connectivity index (χ3n) is 9.23. The number of benzene rings is 8. The Kier molecular flexibility index (Phi) is 8.71. The number of rotatable bonds is 8. The van der Waals surface area contributed by atoms with Crippen LogP contribution in [0.3, 0.4) is 0 Å². The van der Waals surface area contributed by atoms with E-state index in [1.165, 1.54) is 0 Å². The monoisotopic (exact) mass is 674 g/mol. The highest BCUT2D eigenvalue weighted by atomic mass is 32.2. The lowest BCUT2D eigenvalue weighted by atomic mass is 9.90. The predicted octanol–water partition coefficient (Wildman–Crippen LogP) is 12.5. The van der Waals surface area contributed by atoms with E-state index in [0.29, 0.717) is 0 Å². The van der Waals surface area contributed by atoms with E-state index in [2.05, 4.69) is 91.0 Å². The van der Waals surface area contributed by atoms with Crippen molar-refractivity contribution in [2.75, 3.05) is 0 Å². The molecule has 0 amide bonds. The summed E-state index contributed by atoms with van der Waals surface area (Å²) >= 11 is 0. The summed E-state index contributed by atoms with van der Waals surface area (Å²) in [5.41, 5.74) is 12.1. The van der Waals surface area contributed by atoms with Crippen LogP contribution in [0.1, 0.15) is 0 Å². The van der Waals surface area contributed by atoms with Crippen molar-refractivity contribution in [1.82, 2.24) is 0 Å². The molecule has 8 aromatic carbocycles. The van der Waals surface area contributed by atoms with Crippen LogP contribution in [0, 0.1) is 0 Å². The van der Waals surface area contributed by atoms with E-state index in [9.17, 15) is 8.42 Å². The molecule has 51 heavy (non-hydrogen) atoms. The van der Waals surface area contributed by atoms with Crippen LogP contribution < -0.4 is 0 Å². The Hall–Kier alpha value is -6.29. The van der Waals surface area contributed by atoms with Crippen molar-refractivity contribution in [2.45, 2.75) is 9.79 Å². The van der Waals surface area contributed by atoms with Gasteiger partial charge in [0.1, 0.15) is 0 Å². The molecule has 0 fully saturated rings. The molecule has 0 N–H and O–H groups in total. The van der Waals surface area contributed by atoms with E-state index in [0.717, 1.165) is 66.8 Å². The molecule has 0 unspecified atom stereocenters. The van der Waals surface area contributed by atoms with Crippen molar-refractivity contribution < 1.29 is 8.42 Å². The Morgan fingerprint density at radius 3 is 0.706 bits per heavy atom. The van der Waals surface area contributed by atoms with Gasteiger partial charge >= 0.3 is 0 Å². The Morgan fingerprint density at radius 2 is 0.431 bits per heavy atom. The van der Waals surface area contributed by atoms with E-state index in [1.54, 1.807) is 24.3 Å². The summed E-state index contributed by atoms with van der Waals surface area (Å²) in [4.78, 5) is 0.512. The van der Waals surface area contributed by atoms with Gasteiger partial charge in [-0.1, -0.05) is 140 Å². The third-order valence-corrected chi connectivity index (χ3v) is 11.0. The first-order valence-corrected chi connectivity index (χ1v) is 18.5. The average Bonchev–Trinajstić information content (AvgIpc) is 3.22. The summed E-state index contributed by atoms with van der Waals surface area (Å²) in [5.74, 6) is 0. The third kappa shape index (κ3) is 6.81. The van der Waals surface area contributed by atoms with Gasteiger partial charge in [0.25, 0.3) is 0 Å². The second kappa shape index (κ2) is 13.9. The van der Waals surface area contributed by atoms with Gasteiger partial charge in [-0.2, -0.15) is 0 Å². The molecular formula is C48H34O2S. The zero-order chi connectivity index (χ0) is 34.6. The van der Waals surface area contributed by atoms with Crippen molar-refractivity contribution in [2.24, 2.45) is 0 Å². The lowest BCUT2D eigenvalue weighted by molar-refractivity contribution is 0.596. The fraction of sp³-hybridized carbons (Fsp3) is 0. The van der Waals surface area contributed by atoms with Crippen LogP contribution in [0.4, 0.5) is 0 Å². The molecule has 0 atom stereocenters. The van der Waals surface area contributed by atoms with Crippen LogP contribution in [-0.2, 0) is 9.84 Å². The first-order valence-electron chi connectivity index (χ1n) is 17.0. The van der Waals surface area contributed by atoms with E-state index in [4.69, 9.17) is 0 Å². The Morgan fingerprint density at radius 1 is 0.216 bits per heavy atom. The summed E-state index contributed by atoms with van der Waals surface area (Å²) in [6, 6.07) is 68.8. The zero-order valence-corrected chi connectivity index (χ0v) is 28.7. The normalized spacial score (nSPS) is 11.3. The molecule has 3 heteroatoms. The highest BCUT2D eigenvalue weighted by Gasteiger charge is 2.21. The van der Waals surface area contributed by atoms with E-state index in [-0.39, 0.29) is 9.79 Å². The maximum Gasteiger partial charge on any atom is 0.206 e. The van der Waals surface area contributed by atoms with Crippen molar-refractivity contribution in [3.8, 4) is 66.8 Å². The fourth-order valence-electron chi connectivity index (χ4n) is 6.60. The Bertz CT molecular complexity index is 2290. The molecule has 0 bridgehead atoms. The summed E-state index contributed by atoms with van der Waals surface area (Å²) in [7, 11) is -3.85. The molecule has 8 rings (SSSR count). The second-order valence-corrected chi connectivity index (χ2v) is 14.6. The summed E-state index contributed by atoms with van der Waals surface area (Å²) in [6.07, 6.45) is 0. The molecule has 0 aromatic heterocycles. The van der Waals surface area contributed by atoms with Crippen LogP contribution in [-0.4, -0.2) is 8.42 Å². The average molecular weight is 675 g/mol. The molecule has 0 aliphatic rings. The maximum atomic E-state index is 14.4. The first-order chi connectivity index (χ1) is 25.0. The van der Waals surface area contributed by atoms with Gasteiger partial charge in [0.2, 0.25) is 9.84 Å². The van der Waals surface area contributed by atoms with Crippen LogP contribution >= 0.6 is 0 Å². The van der Waals surface area contributed by atoms with Crippen LogP contribution in [0.25, 0.3) is 66.8 Å². The van der Waals surface area contributed by atoms with Gasteiger partial charge in [-0.25, -0.2) is 8.42 Å². The lowest BCUT2D eigenvalue weighted by Gasteiger charge is -2.16. The van der Waals surface area contributed by atoms with Crippen LogP contribution in [0.5, 0.6) is 0 Å². The van der Waals surface area contributed by atoms with Crippen molar-refractivity contribution in [3.63, 3.8) is 0 Å². The van der Waals surface area contributed by atoms with Crippen molar-refractivity contribution >= 4 is 9.84 Å². The molecule has 0 saturated carbocycles. The van der Waals surface area contributed by atoms with Gasteiger partial charge in [-0.3, -0.25) is 0 Å². The first kappa shape index (κ1) is 31.9. The second-order valence-electron chi connectivity index (χ2n) is 12.6. The van der Waals surface area contributed by atoms with Gasteiger partial charge in [0, 0.05) is 0 Å². The number of hydrogen-bond acceptors (Lipinski definition) is 2. The molecule has 0 heterocycles. The molecule has 0 saturated heterocycles. The topological polar surface area (TPSA) is 34.1 Å². The summed E-state index contributed by atoms with van der Waals surface area (Å²) < 4.78 is 28.7. The zero-order valence-electron chi connectivity index (χ0n) is 27.9. The van der Waals surface area contributed by atoms with Gasteiger partial charge < -0.3 is 0 Å². The Labute approximate surface area is 299 Å². The van der Waals surface area contributed by atoms with Gasteiger partial charge in [0.15, 0.2) is 0 Å². The molecule has 244 valence electrons. The van der Waals surface area contributed by atoms with E-state index < -0.39 is 9.84 Å². The summed E-state index contributed by atoms with van der Waals surface area (Å²) in [5, 5.41) is 0. The summed E-state index contributed by atoms with van der Waals surface area (Å²) in [6.45, 7) is 0. The van der Waals surface area contributed by atoms with Gasteiger partial charge in [-0.15, -0.1) is 0 Å². The number of sulfone groups is 1. The molecule has 2 nitrogen and oxygen atoms in total. The maximum absolute atomic E-state index is 14.4. The molecule has 0 aliphatic heterocycles. The standard InChI is InChI=1S/C48H34O2S/c49-51(50,47-24-14-5-15-25-47)48-33-45(43-28-39(35-16-6-1-7-17-35)26-40(29-43)36-18-8-2-9-19-36)32-46(34-48)44-30-41(37-20-10-3-11-21-37)27-42(31-44)38-22-12-4-13-23-38/h1-34H. The minimum atomic E-state index is -3.85. The predicted molar refractivity (Wildman–Crippen MR) is 211 cm³/mol. The van der Waals surface area contributed by atoms with Gasteiger partial charge in [0.05, 0.1) is 9.79 Å². The smallest absolute Gasteiger partial charge is 0.206 e. The minimum Gasteiger partial charge on any atom is -0.219 e.